The minimum absolute atomic E-state index is 0.0192. The molecule has 0 radical (unpaired) electrons. The van der Waals surface area contributed by atoms with Crippen LogP contribution in [0.2, 0.25) is 0 Å². The summed E-state index contributed by atoms with van der Waals surface area (Å²) >= 11 is 0. The number of aromatic nitrogens is 4. The number of carbonyl (C=O) groups excluding carboxylic acids is 3. The first-order valence-electron chi connectivity index (χ1n) is 12.1. The highest BCUT2D eigenvalue weighted by Gasteiger charge is 2.36. The molecular formula is C22H31N9O7. The largest absolute Gasteiger partial charge is 0.480 e. The molecule has 206 valence electrons. The highest BCUT2D eigenvalue weighted by atomic mass is 16.4. The molecule has 16 heteroatoms. The van der Waals surface area contributed by atoms with Crippen LogP contribution in [0.25, 0.3) is 11.0 Å². The first-order chi connectivity index (χ1) is 18.0. The lowest BCUT2D eigenvalue weighted by atomic mass is 10.1. The predicted octanol–water partition coefficient (Wildman–Crippen LogP) is -2.17. The van der Waals surface area contributed by atoms with Crippen molar-refractivity contribution in [2.24, 2.45) is 5.92 Å². The number of aliphatic carboxylic acids is 1. The van der Waals surface area contributed by atoms with E-state index in [0.717, 1.165) is 9.47 Å². The maximum Gasteiger partial charge on any atom is 0.351 e. The van der Waals surface area contributed by atoms with Crippen molar-refractivity contribution in [1.29, 1.82) is 0 Å². The zero-order valence-electron chi connectivity index (χ0n) is 21.1. The van der Waals surface area contributed by atoms with Crippen molar-refractivity contribution >= 4 is 46.5 Å². The number of nitrogens with two attached hydrogens (primary N) is 1. The van der Waals surface area contributed by atoms with Crippen molar-refractivity contribution in [2.45, 2.75) is 45.2 Å². The summed E-state index contributed by atoms with van der Waals surface area (Å²) in [4.78, 5) is 83.4. The number of nitrogens with zero attached hydrogens (tertiary/aromatic N) is 4. The van der Waals surface area contributed by atoms with Crippen molar-refractivity contribution in [2.75, 3.05) is 37.7 Å². The number of carbonyl (C=O) groups is 4. The summed E-state index contributed by atoms with van der Waals surface area (Å²) in [6.45, 7) is 1.60. The first kappa shape index (κ1) is 28.2. The smallest absolute Gasteiger partial charge is 0.351 e. The molecule has 3 rings (SSSR count). The van der Waals surface area contributed by atoms with Crippen LogP contribution in [-0.4, -0.2) is 85.9 Å². The topological polar surface area (TPSA) is 234 Å². The molecule has 1 fully saturated rings. The van der Waals surface area contributed by atoms with E-state index in [0.29, 0.717) is 12.8 Å². The number of aromatic amines is 1. The Morgan fingerprint density at radius 2 is 1.92 bits per heavy atom. The van der Waals surface area contributed by atoms with Gasteiger partial charge in [0.2, 0.25) is 23.7 Å². The molecule has 2 aromatic rings. The van der Waals surface area contributed by atoms with Crippen LogP contribution in [0.4, 0.5) is 11.8 Å². The molecule has 1 aliphatic rings. The molecule has 2 atom stereocenters. The highest BCUT2D eigenvalue weighted by molar-refractivity contribution is 6.05. The van der Waals surface area contributed by atoms with E-state index >= 15 is 0 Å². The molecule has 1 aliphatic heterocycles. The number of carboxylic acid groups (broad SMARTS) is 1. The summed E-state index contributed by atoms with van der Waals surface area (Å²) in [7, 11) is 1.54. The van der Waals surface area contributed by atoms with Gasteiger partial charge in [-0.25, -0.2) is 4.79 Å². The number of anilines is 2. The summed E-state index contributed by atoms with van der Waals surface area (Å²) in [5.41, 5.74) is 4.45. The van der Waals surface area contributed by atoms with Crippen LogP contribution in [-0.2, 0) is 25.7 Å². The second-order valence-corrected chi connectivity index (χ2v) is 8.91. The third-order valence-electron chi connectivity index (χ3n) is 6.13. The van der Waals surface area contributed by atoms with Crippen molar-refractivity contribution in [3.8, 4) is 0 Å². The van der Waals surface area contributed by atoms with Gasteiger partial charge in [0.15, 0.2) is 5.65 Å². The zero-order valence-corrected chi connectivity index (χ0v) is 21.1. The number of hydrogen-bond donors (Lipinski definition) is 6. The molecule has 0 bridgehead atoms. The molecule has 1 unspecified atom stereocenters. The van der Waals surface area contributed by atoms with Crippen molar-refractivity contribution in [1.82, 2.24) is 35.1 Å². The molecule has 7 N–H and O–H groups in total. The van der Waals surface area contributed by atoms with Crippen LogP contribution in [0.3, 0.4) is 0 Å². The Balaban J connectivity index is 1.49. The van der Waals surface area contributed by atoms with Gasteiger partial charge in [0, 0.05) is 39.0 Å². The Bertz CT molecular complexity index is 1350. The van der Waals surface area contributed by atoms with E-state index in [2.05, 4.69) is 30.9 Å². The van der Waals surface area contributed by atoms with E-state index in [4.69, 9.17) is 5.73 Å². The van der Waals surface area contributed by atoms with Gasteiger partial charge in [0.1, 0.15) is 23.8 Å². The van der Waals surface area contributed by atoms with E-state index in [9.17, 15) is 33.9 Å². The number of H-pyrrole nitrogens is 1. The fourth-order valence-electron chi connectivity index (χ4n) is 4.10. The Kier molecular flexibility index (Phi) is 9.11. The Morgan fingerprint density at radius 1 is 1.18 bits per heavy atom. The number of carboxylic acids is 1. The monoisotopic (exact) mass is 533 g/mol. The lowest BCUT2D eigenvalue weighted by molar-refractivity contribution is -0.143. The van der Waals surface area contributed by atoms with E-state index in [1.807, 2.05) is 0 Å². The van der Waals surface area contributed by atoms with Gasteiger partial charge in [-0.2, -0.15) is 9.97 Å². The first-order valence-corrected chi connectivity index (χ1v) is 12.1. The van der Waals surface area contributed by atoms with Crippen LogP contribution in [0.1, 0.15) is 32.6 Å². The van der Waals surface area contributed by atoms with E-state index < -0.39 is 35.1 Å². The third-order valence-corrected chi connectivity index (χ3v) is 6.13. The fourth-order valence-corrected chi connectivity index (χ4v) is 4.10. The number of hydrogen-bond acceptors (Lipinski definition) is 11. The number of likely N-dealkylation sites (tertiary alicyclic amines) is 1. The summed E-state index contributed by atoms with van der Waals surface area (Å²) in [6, 6.07) is -0.931. The Labute approximate surface area is 216 Å². The maximum absolute atomic E-state index is 12.4. The van der Waals surface area contributed by atoms with Crippen molar-refractivity contribution in [3.05, 3.63) is 20.8 Å². The van der Waals surface area contributed by atoms with Crippen LogP contribution in [0.5, 0.6) is 0 Å². The standard InChI is InChI=1S/C22H31N9O7/c1-11-9-14(33)31(19(11)35)10-13(32)26-6-4-3-5-12(20(36)37)25-7-8-30-17-15(16(23)27-22(30)38)18(34)29-21(24-2)28-17/h11-12,25H,3-10H2,1-2H3,(H,26,32)(H,36,37)(H2,23,27,38)(H2,24,28,29,34)/t11?,12-/m0/s1. The van der Waals surface area contributed by atoms with Crippen molar-refractivity contribution < 1.29 is 24.3 Å². The van der Waals surface area contributed by atoms with E-state index in [-0.39, 0.29) is 73.6 Å². The quantitative estimate of drug-likeness (QED) is 0.119. The normalized spacial score (nSPS) is 16.2. The number of nitrogens with one attached hydrogen (secondary N) is 4. The van der Waals surface area contributed by atoms with E-state index in [1.54, 1.807) is 6.92 Å². The molecular weight excluding hydrogens is 502 g/mol. The summed E-state index contributed by atoms with van der Waals surface area (Å²) in [5, 5.41) is 17.7. The maximum atomic E-state index is 12.4. The second-order valence-electron chi connectivity index (χ2n) is 8.91. The molecule has 0 aliphatic carbocycles. The van der Waals surface area contributed by atoms with Gasteiger partial charge >= 0.3 is 11.7 Å². The zero-order chi connectivity index (χ0) is 28.0. The number of rotatable bonds is 13. The molecule has 3 heterocycles. The van der Waals surface area contributed by atoms with Crippen LogP contribution in [0, 0.1) is 5.92 Å². The summed E-state index contributed by atoms with van der Waals surface area (Å²) < 4.78 is 1.14. The van der Waals surface area contributed by atoms with Crippen LogP contribution < -0.4 is 32.9 Å². The summed E-state index contributed by atoms with van der Waals surface area (Å²) in [6.07, 6.45) is 1.27. The molecule has 0 spiro atoms. The van der Waals surface area contributed by atoms with Gasteiger partial charge < -0.3 is 26.8 Å². The number of imide groups is 1. The molecule has 16 nitrogen and oxygen atoms in total. The number of amides is 3. The van der Waals surface area contributed by atoms with Crippen molar-refractivity contribution in [3.63, 3.8) is 0 Å². The third kappa shape index (κ3) is 6.50. The SMILES string of the molecule is CNc1nc2c(c(N)nc(=O)n2CCN[C@@H](CCCCNC(=O)CN2C(=O)CC(C)C2=O)C(=O)O)c(=O)[nH]1. The molecule has 0 aromatic carbocycles. The minimum atomic E-state index is -1.09. The average molecular weight is 534 g/mol. The molecule has 1 saturated heterocycles. The Morgan fingerprint density at radius 3 is 2.55 bits per heavy atom. The highest BCUT2D eigenvalue weighted by Crippen LogP contribution is 2.18. The molecule has 3 amide bonds. The van der Waals surface area contributed by atoms with Crippen LogP contribution in [0.15, 0.2) is 9.59 Å². The second kappa shape index (κ2) is 12.3. The van der Waals surface area contributed by atoms with Gasteiger partial charge in [-0.15, -0.1) is 0 Å². The summed E-state index contributed by atoms with van der Waals surface area (Å²) in [5.74, 6) is -2.84. The minimum Gasteiger partial charge on any atom is -0.480 e. The fraction of sp³-hybridized carbons (Fsp3) is 0.545. The number of unbranched alkanes of at least 4 members (excludes halogenated alkanes) is 1. The average Bonchev–Trinajstić information content (AvgIpc) is 3.09. The predicted molar refractivity (Wildman–Crippen MR) is 135 cm³/mol. The lowest BCUT2D eigenvalue weighted by Gasteiger charge is -2.16. The van der Waals surface area contributed by atoms with Crippen LogP contribution >= 0.6 is 0 Å². The number of fused-ring (bicyclic) bond motifs is 1. The van der Waals surface area contributed by atoms with Gasteiger partial charge in [-0.05, 0) is 19.3 Å². The molecule has 0 saturated carbocycles. The molecule has 38 heavy (non-hydrogen) atoms. The lowest BCUT2D eigenvalue weighted by Crippen LogP contribution is -2.41. The molecule has 2 aromatic heterocycles. The Hall–Kier alpha value is -4.34. The van der Waals surface area contributed by atoms with Gasteiger partial charge in [0.05, 0.1) is 0 Å². The van der Waals surface area contributed by atoms with Gasteiger partial charge in [0.25, 0.3) is 5.56 Å². The number of nitrogen functional groups attached to an aromatic ring is 1. The van der Waals surface area contributed by atoms with E-state index in [1.165, 1.54) is 7.05 Å². The van der Waals surface area contributed by atoms with Gasteiger partial charge in [-0.3, -0.25) is 38.4 Å². The van der Waals surface area contributed by atoms with Gasteiger partial charge in [-0.1, -0.05) is 6.92 Å².